The van der Waals surface area contributed by atoms with Crippen molar-refractivity contribution < 1.29 is 13.2 Å². The molecule has 1 aromatic heterocycles. The molecular formula is C17H16N2O3S. The highest BCUT2D eigenvalue weighted by Gasteiger charge is 2.15. The zero-order chi connectivity index (χ0) is 16.3. The number of fused-ring (bicyclic) bond motifs is 1. The van der Waals surface area contributed by atoms with Crippen LogP contribution in [0.4, 0.5) is 5.69 Å². The fraction of sp³-hybridized carbons (Fsp3) is 0.118. The number of pyridine rings is 1. The maximum Gasteiger partial charge on any atom is 0.261 e. The van der Waals surface area contributed by atoms with Crippen LogP contribution in [0.15, 0.2) is 65.8 Å². The highest BCUT2D eigenvalue weighted by atomic mass is 32.2. The predicted molar refractivity (Wildman–Crippen MR) is 90.2 cm³/mol. The smallest absolute Gasteiger partial charge is 0.261 e. The number of hydrogen-bond donors (Lipinski definition) is 1. The van der Waals surface area contributed by atoms with E-state index in [1.165, 1.54) is 12.1 Å². The second-order valence-corrected chi connectivity index (χ2v) is 6.59. The second-order valence-electron chi connectivity index (χ2n) is 4.91. The number of rotatable bonds is 5. The Kier molecular flexibility index (Phi) is 4.16. The third kappa shape index (κ3) is 3.27. The fourth-order valence-corrected chi connectivity index (χ4v) is 3.38. The van der Waals surface area contributed by atoms with E-state index in [0.29, 0.717) is 18.0 Å². The third-order valence-corrected chi connectivity index (χ3v) is 4.75. The number of nitrogens with zero attached hydrogens (tertiary/aromatic N) is 1. The summed E-state index contributed by atoms with van der Waals surface area (Å²) in [6, 6.07) is 13.5. The van der Waals surface area contributed by atoms with Crippen molar-refractivity contribution in [3.63, 3.8) is 0 Å². The second kappa shape index (κ2) is 6.26. The number of benzene rings is 2. The van der Waals surface area contributed by atoms with Gasteiger partial charge in [-0.1, -0.05) is 12.1 Å². The van der Waals surface area contributed by atoms with E-state index in [4.69, 9.17) is 4.74 Å². The van der Waals surface area contributed by atoms with Gasteiger partial charge in [0, 0.05) is 23.2 Å². The molecule has 0 aliphatic rings. The topological polar surface area (TPSA) is 68.3 Å². The van der Waals surface area contributed by atoms with Crippen LogP contribution in [0.3, 0.4) is 0 Å². The Labute approximate surface area is 135 Å². The molecular weight excluding hydrogens is 312 g/mol. The number of sulfonamides is 1. The summed E-state index contributed by atoms with van der Waals surface area (Å²) in [5, 5.41) is 1.68. The Bertz CT molecular complexity index is 917. The van der Waals surface area contributed by atoms with Gasteiger partial charge in [-0.25, -0.2) is 8.42 Å². The fourth-order valence-electron chi connectivity index (χ4n) is 2.30. The molecule has 0 aliphatic heterocycles. The van der Waals surface area contributed by atoms with Crippen molar-refractivity contribution in [2.75, 3.05) is 11.3 Å². The quantitative estimate of drug-likeness (QED) is 0.779. The van der Waals surface area contributed by atoms with E-state index < -0.39 is 10.0 Å². The maximum absolute atomic E-state index is 12.5. The molecule has 23 heavy (non-hydrogen) atoms. The lowest BCUT2D eigenvalue weighted by Crippen LogP contribution is -2.13. The first-order chi connectivity index (χ1) is 11.1. The van der Waals surface area contributed by atoms with Crippen LogP contribution in [0, 0.1) is 0 Å². The van der Waals surface area contributed by atoms with Crippen LogP contribution in [0.1, 0.15) is 6.92 Å². The molecule has 0 saturated heterocycles. The molecule has 0 saturated carbocycles. The van der Waals surface area contributed by atoms with Gasteiger partial charge in [0.2, 0.25) is 0 Å². The monoisotopic (exact) mass is 328 g/mol. The van der Waals surface area contributed by atoms with Crippen LogP contribution in [0.5, 0.6) is 5.75 Å². The Hall–Kier alpha value is -2.60. The molecule has 1 N–H and O–H groups in total. The number of nitrogens with one attached hydrogen (secondary N) is 1. The Morgan fingerprint density at radius 2 is 1.87 bits per heavy atom. The van der Waals surface area contributed by atoms with Gasteiger partial charge in [0.15, 0.2) is 0 Å². The van der Waals surface area contributed by atoms with Gasteiger partial charge in [-0.05, 0) is 43.3 Å². The van der Waals surface area contributed by atoms with E-state index in [2.05, 4.69) is 9.71 Å². The largest absolute Gasteiger partial charge is 0.494 e. The molecule has 1 heterocycles. The number of aromatic nitrogens is 1. The van der Waals surface area contributed by atoms with E-state index in [0.717, 1.165) is 10.8 Å². The van der Waals surface area contributed by atoms with Gasteiger partial charge in [0.1, 0.15) is 5.75 Å². The Balaban J connectivity index is 1.93. The van der Waals surface area contributed by atoms with E-state index in [-0.39, 0.29) is 4.90 Å². The van der Waals surface area contributed by atoms with Crippen molar-refractivity contribution in [2.45, 2.75) is 11.8 Å². The highest BCUT2D eigenvalue weighted by Crippen LogP contribution is 2.25. The Morgan fingerprint density at radius 1 is 1.09 bits per heavy atom. The predicted octanol–water partition coefficient (Wildman–Crippen LogP) is 3.43. The van der Waals surface area contributed by atoms with Crippen molar-refractivity contribution >= 4 is 26.5 Å². The third-order valence-electron chi connectivity index (χ3n) is 3.37. The first-order valence-electron chi connectivity index (χ1n) is 7.18. The lowest BCUT2D eigenvalue weighted by Gasteiger charge is -2.11. The minimum atomic E-state index is -3.66. The average molecular weight is 328 g/mol. The molecule has 0 spiro atoms. The van der Waals surface area contributed by atoms with E-state index in [1.54, 1.807) is 42.7 Å². The number of hydrogen-bond acceptors (Lipinski definition) is 4. The lowest BCUT2D eigenvalue weighted by molar-refractivity contribution is 0.340. The standard InChI is InChI=1S/C17H16N2O3S/c1-2-22-14-6-8-15(9-7-14)23(20,21)19-17-5-3-4-13-12-18-11-10-16(13)17/h3-12,19H,2H2,1H3. The minimum Gasteiger partial charge on any atom is -0.494 e. The molecule has 2 aromatic carbocycles. The van der Waals surface area contributed by atoms with Crippen molar-refractivity contribution in [3.8, 4) is 5.75 Å². The summed E-state index contributed by atoms with van der Waals surface area (Å²) in [4.78, 5) is 4.23. The van der Waals surface area contributed by atoms with Gasteiger partial charge in [-0.15, -0.1) is 0 Å². The van der Waals surface area contributed by atoms with Crippen molar-refractivity contribution in [1.29, 1.82) is 0 Å². The van der Waals surface area contributed by atoms with E-state index in [9.17, 15) is 8.42 Å². The first-order valence-corrected chi connectivity index (χ1v) is 8.67. The number of ether oxygens (including phenoxy) is 1. The number of anilines is 1. The molecule has 5 nitrogen and oxygen atoms in total. The van der Waals surface area contributed by atoms with Crippen LogP contribution in [-0.4, -0.2) is 20.0 Å². The zero-order valence-electron chi connectivity index (χ0n) is 12.6. The average Bonchev–Trinajstić information content (AvgIpc) is 2.56. The van der Waals surface area contributed by atoms with Crippen molar-refractivity contribution in [1.82, 2.24) is 4.98 Å². The molecule has 0 atom stereocenters. The molecule has 3 aromatic rings. The summed E-state index contributed by atoms with van der Waals surface area (Å²) < 4.78 is 33.1. The Morgan fingerprint density at radius 3 is 2.61 bits per heavy atom. The zero-order valence-corrected chi connectivity index (χ0v) is 13.4. The molecule has 0 amide bonds. The van der Waals surface area contributed by atoms with Crippen LogP contribution in [-0.2, 0) is 10.0 Å². The van der Waals surface area contributed by atoms with Crippen LogP contribution in [0.2, 0.25) is 0 Å². The molecule has 0 fully saturated rings. The van der Waals surface area contributed by atoms with E-state index in [1.807, 2.05) is 13.0 Å². The first kappa shape index (κ1) is 15.3. The normalized spacial score (nSPS) is 11.3. The summed E-state index contributed by atoms with van der Waals surface area (Å²) in [5.74, 6) is 0.641. The lowest BCUT2D eigenvalue weighted by atomic mass is 10.1. The van der Waals surface area contributed by atoms with Gasteiger partial charge in [-0.2, -0.15) is 0 Å². The summed E-state index contributed by atoms with van der Waals surface area (Å²) in [5.41, 5.74) is 0.527. The van der Waals surface area contributed by atoms with Gasteiger partial charge < -0.3 is 4.74 Å². The molecule has 0 aliphatic carbocycles. The molecule has 0 bridgehead atoms. The molecule has 0 radical (unpaired) electrons. The molecule has 6 heteroatoms. The van der Waals surface area contributed by atoms with E-state index >= 15 is 0 Å². The summed E-state index contributed by atoms with van der Waals surface area (Å²) >= 11 is 0. The van der Waals surface area contributed by atoms with Crippen molar-refractivity contribution in [2.24, 2.45) is 0 Å². The molecule has 118 valence electrons. The summed E-state index contributed by atoms with van der Waals surface area (Å²) in [6.45, 7) is 2.41. The molecule has 0 unspecified atom stereocenters. The molecule has 3 rings (SSSR count). The van der Waals surface area contributed by atoms with Crippen LogP contribution < -0.4 is 9.46 Å². The summed E-state index contributed by atoms with van der Waals surface area (Å²) in [6.07, 6.45) is 3.33. The summed E-state index contributed by atoms with van der Waals surface area (Å²) in [7, 11) is -3.66. The SMILES string of the molecule is CCOc1ccc(S(=O)(=O)Nc2cccc3cnccc23)cc1. The van der Waals surface area contributed by atoms with Gasteiger partial charge in [-0.3, -0.25) is 9.71 Å². The van der Waals surface area contributed by atoms with Crippen molar-refractivity contribution in [3.05, 3.63) is 60.9 Å². The van der Waals surface area contributed by atoms with Gasteiger partial charge in [0.25, 0.3) is 10.0 Å². The van der Waals surface area contributed by atoms with Gasteiger partial charge in [0.05, 0.1) is 17.2 Å². The van der Waals surface area contributed by atoms with Crippen LogP contribution in [0.25, 0.3) is 10.8 Å². The maximum atomic E-state index is 12.5. The van der Waals surface area contributed by atoms with Crippen LogP contribution >= 0.6 is 0 Å². The van der Waals surface area contributed by atoms with Gasteiger partial charge >= 0.3 is 0 Å². The minimum absolute atomic E-state index is 0.187. The highest BCUT2D eigenvalue weighted by molar-refractivity contribution is 7.92.